The minimum Gasteiger partial charge on any atom is -0.497 e. The highest BCUT2D eigenvalue weighted by molar-refractivity contribution is 7.44. The van der Waals surface area contributed by atoms with E-state index in [0.29, 0.717) is 31.0 Å². The van der Waals surface area contributed by atoms with Crippen LogP contribution in [0, 0.1) is 11.3 Å². The van der Waals surface area contributed by atoms with Crippen molar-refractivity contribution < 1.29 is 46.9 Å². The Morgan fingerprint density at radius 3 is 2.22 bits per heavy atom. The van der Waals surface area contributed by atoms with E-state index in [1.807, 2.05) is 78.9 Å². The number of amides is 2. The van der Waals surface area contributed by atoms with E-state index in [4.69, 9.17) is 32.7 Å². The minimum atomic E-state index is -1.79. The van der Waals surface area contributed by atoms with E-state index >= 15 is 0 Å². The predicted molar refractivity (Wildman–Crippen MR) is 395 cm³/mol. The highest BCUT2D eigenvalue weighted by atomic mass is 31.2. The summed E-state index contributed by atoms with van der Waals surface area (Å²) in [6.45, 7) is 14.9. The molecule has 0 saturated carbocycles. The van der Waals surface area contributed by atoms with Crippen LogP contribution in [-0.2, 0) is 52.0 Å². The van der Waals surface area contributed by atoms with E-state index in [1.54, 1.807) is 14.2 Å². The second-order valence-corrected chi connectivity index (χ2v) is 29.4. The van der Waals surface area contributed by atoms with Gasteiger partial charge in [0.15, 0.2) is 12.3 Å². The fourth-order valence-electron chi connectivity index (χ4n) is 16.2. The van der Waals surface area contributed by atoms with Crippen LogP contribution in [0.5, 0.6) is 17.2 Å². The summed E-state index contributed by atoms with van der Waals surface area (Å²) in [5, 5.41) is 15.6. The molecule has 1 fully saturated rings. The van der Waals surface area contributed by atoms with E-state index < -0.39 is 43.8 Å². The van der Waals surface area contributed by atoms with Gasteiger partial charge in [-0.1, -0.05) is 105 Å². The number of aromatic amines is 1. The van der Waals surface area contributed by atoms with Gasteiger partial charge in [0.1, 0.15) is 41.3 Å². The number of unbranched alkanes of at least 4 members (excludes halogenated alkanes) is 5. The van der Waals surface area contributed by atoms with Gasteiger partial charge >= 0.3 is 5.69 Å². The summed E-state index contributed by atoms with van der Waals surface area (Å²) in [6.07, 6.45) is 18.7. The van der Waals surface area contributed by atoms with Crippen LogP contribution in [0.4, 0.5) is 11.4 Å². The van der Waals surface area contributed by atoms with Crippen LogP contribution in [0.15, 0.2) is 137 Å². The standard InChI is InChI=1S/C81H99N8O11P/c1-8-80(67-28-16-17-29-68(67)87-48-41-69-66(77(80)87)51-59-50-57-24-21-46-86-47-22-27-65(75(57)86)76(59)99-69)42-18-12-15-30-72(90)83-44-19-9-10-20-45-84-73(91)40-31-58-53-88(79(93)85-78(58)92)74-52-70(100-101(97-49-23-43-82)89(55(2)3)56(4)5)71(98-74)54-96-81(60-25-13-11-14-26-60,61-32-36-63(94-6)37-33-61)62-34-38-64(95-7)39-35-62/h11,13-14,16-17,25-26,28-29,31-40,50-51,53,55-56,69-71,74H,8-10,12,15,18-24,27,30,41-42,44-49,52,54H2,1-7H3,(H2-,83,84,85,90,91,92,93)/p+1/b40-31+/t69?,70-,71?,74-,80?,101?/m1/s1. The lowest BCUT2D eigenvalue weighted by Gasteiger charge is -2.40. The second-order valence-electron chi connectivity index (χ2n) is 28.0. The third-order valence-corrected chi connectivity index (χ3v) is 23.2. The zero-order valence-corrected chi connectivity index (χ0v) is 60.7. The predicted octanol–water partition coefficient (Wildman–Crippen LogP) is 13.7. The molecule has 1 saturated heterocycles. The molecule has 534 valence electrons. The molecular formula is C81H100N8O11P+. The van der Waals surface area contributed by atoms with Gasteiger partial charge < -0.3 is 48.3 Å². The molecule has 20 heteroatoms. The number of fused-ring (bicyclic) bond motifs is 6. The Morgan fingerprint density at radius 2 is 1.52 bits per heavy atom. The van der Waals surface area contributed by atoms with Crippen molar-refractivity contribution in [1.29, 1.82) is 5.26 Å². The summed E-state index contributed by atoms with van der Waals surface area (Å²) in [6, 6.07) is 39.0. The molecule has 5 aromatic carbocycles. The summed E-state index contributed by atoms with van der Waals surface area (Å²) in [4.78, 5) is 58.8. The highest BCUT2D eigenvalue weighted by Crippen LogP contribution is 2.54. The highest BCUT2D eigenvalue weighted by Gasteiger charge is 2.56. The van der Waals surface area contributed by atoms with Crippen molar-refractivity contribution in [3.63, 3.8) is 0 Å². The molecule has 1 aromatic heterocycles. The van der Waals surface area contributed by atoms with Gasteiger partial charge in [-0.05, 0) is 150 Å². The van der Waals surface area contributed by atoms with Crippen LogP contribution in [0.3, 0.4) is 0 Å². The molecule has 0 spiro atoms. The first kappa shape index (κ1) is 72.6. The van der Waals surface area contributed by atoms with Gasteiger partial charge in [-0.25, -0.2) is 9.46 Å². The molecule has 7 heterocycles. The lowest BCUT2D eigenvalue weighted by atomic mass is 9.68. The first-order valence-electron chi connectivity index (χ1n) is 36.7. The molecule has 6 aliphatic rings. The number of para-hydroxylation sites is 1. The van der Waals surface area contributed by atoms with E-state index in [9.17, 15) is 24.4 Å². The first-order valence-corrected chi connectivity index (χ1v) is 37.8. The molecule has 19 nitrogen and oxygen atoms in total. The molecule has 0 bridgehead atoms. The molecule has 4 unspecified atom stereocenters. The number of methoxy groups -OCH3 is 2. The molecule has 6 aliphatic heterocycles. The fourth-order valence-corrected chi connectivity index (χ4v) is 18.0. The number of nitriles is 1. The van der Waals surface area contributed by atoms with Gasteiger partial charge in [0, 0.05) is 98.2 Å². The van der Waals surface area contributed by atoms with E-state index in [1.165, 1.54) is 80.7 Å². The fraction of sp³-hybridized carbons (Fsp3) is 0.481. The smallest absolute Gasteiger partial charge is 0.330 e. The SMILES string of the molecule is CCC1(CCCCCC(=O)NCCCCCCNC(=O)/C=C/c2cn([C@H]3C[C@@H](OP(OCCC#N)N(C(C)C)C(C)C)C(COC(c4ccccc4)(c4ccc(OC)cc4)c4ccc(OC)cc4)O3)c(=O)[nH]c2=O)C2=[N+](CCC3Oc4c(cc5c6c4CCCN6CCC5)C=C23)c2ccccc21. The van der Waals surface area contributed by atoms with Crippen molar-refractivity contribution in [3.8, 4) is 23.3 Å². The Morgan fingerprint density at radius 1 is 0.851 bits per heavy atom. The summed E-state index contributed by atoms with van der Waals surface area (Å²) in [5.41, 5.74) is 11.0. The number of carbonyl (C=O) groups is 2. The zero-order valence-electron chi connectivity index (χ0n) is 59.8. The van der Waals surface area contributed by atoms with Crippen molar-refractivity contribution >= 4 is 49.6 Å². The summed E-state index contributed by atoms with van der Waals surface area (Å²) < 4.78 is 52.1. The van der Waals surface area contributed by atoms with Gasteiger partial charge in [0.2, 0.25) is 17.5 Å². The van der Waals surface area contributed by atoms with Crippen molar-refractivity contribution in [2.75, 3.05) is 65.1 Å². The number of carbonyl (C=O) groups excluding carboxylic acids is 2. The minimum absolute atomic E-state index is 0.00656. The normalized spacial score (nSPS) is 20.0. The van der Waals surface area contributed by atoms with Gasteiger partial charge in [0.25, 0.3) is 14.1 Å². The van der Waals surface area contributed by atoms with Crippen LogP contribution in [0.1, 0.15) is 182 Å². The summed E-state index contributed by atoms with van der Waals surface area (Å²) in [5.74, 6) is 2.17. The van der Waals surface area contributed by atoms with Crippen LogP contribution in [0.25, 0.3) is 12.2 Å². The topological polar surface area (TPSA) is 211 Å². The zero-order chi connectivity index (χ0) is 70.6. The third kappa shape index (κ3) is 15.7. The largest absolute Gasteiger partial charge is 0.497 e. The van der Waals surface area contributed by atoms with Crippen molar-refractivity contribution in [3.05, 3.63) is 192 Å². The molecule has 101 heavy (non-hydrogen) atoms. The Balaban J connectivity index is 0.634. The number of benzene rings is 5. The van der Waals surface area contributed by atoms with Gasteiger partial charge in [0.05, 0.1) is 62.6 Å². The molecule has 12 rings (SSSR count). The summed E-state index contributed by atoms with van der Waals surface area (Å²) >= 11 is 0. The number of nitrogens with one attached hydrogen (secondary N) is 3. The van der Waals surface area contributed by atoms with Crippen molar-refractivity contribution in [2.45, 2.75) is 191 Å². The van der Waals surface area contributed by atoms with Crippen molar-refractivity contribution in [1.82, 2.24) is 24.9 Å². The summed E-state index contributed by atoms with van der Waals surface area (Å²) in [7, 11) is 1.45. The average Bonchev–Trinajstić information content (AvgIpc) is 1.59. The maximum atomic E-state index is 13.9. The lowest BCUT2D eigenvalue weighted by Crippen LogP contribution is -2.45. The van der Waals surface area contributed by atoms with Crippen LogP contribution in [-0.4, -0.2) is 127 Å². The maximum Gasteiger partial charge on any atom is 0.330 e. The number of rotatable bonds is 33. The van der Waals surface area contributed by atoms with Crippen LogP contribution in [0.2, 0.25) is 0 Å². The van der Waals surface area contributed by atoms with Gasteiger partial charge in [-0.3, -0.25) is 23.9 Å². The maximum absolute atomic E-state index is 13.9. The number of nitrogens with zero attached hydrogens (tertiary/aromatic N) is 5. The van der Waals surface area contributed by atoms with Crippen LogP contribution < -0.4 is 41.0 Å². The third-order valence-electron chi connectivity index (χ3n) is 21.0. The number of anilines is 1. The lowest BCUT2D eigenvalue weighted by molar-refractivity contribution is -0.444. The molecular weight excluding hydrogens is 1290 g/mol. The Hall–Kier alpha value is -8.21. The van der Waals surface area contributed by atoms with E-state index in [2.05, 4.69) is 107 Å². The van der Waals surface area contributed by atoms with Gasteiger partial charge in [-0.2, -0.15) is 9.84 Å². The number of ether oxygens (including phenoxy) is 5. The molecule has 6 atom stereocenters. The number of aromatic nitrogens is 2. The number of hydrogen-bond donors (Lipinski definition) is 3. The van der Waals surface area contributed by atoms with Gasteiger partial charge in [-0.15, -0.1) is 0 Å². The van der Waals surface area contributed by atoms with Crippen LogP contribution >= 0.6 is 8.53 Å². The van der Waals surface area contributed by atoms with Crippen molar-refractivity contribution in [2.24, 2.45) is 0 Å². The molecule has 6 aromatic rings. The second kappa shape index (κ2) is 33.3. The monoisotopic (exact) mass is 1390 g/mol. The molecule has 3 N–H and O–H groups in total. The molecule has 0 radical (unpaired) electrons. The Labute approximate surface area is 595 Å². The Bertz CT molecular complexity index is 4090. The average molecular weight is 1390 g/mol. The molecule has 2 amide bonds. The Kier molecular flexibility index (Phi) is 23.9. The number of H-pyrrole nitrogens is 1. The van der Waals surface area contributed by atoms with E-state index in [-0.39, 0.29) is 67.0 Å². The number of aryl methyl sites for hydroxylation is 1. The number of hydrogen-bond acceptors (Lipinski definition) is 14. The quantitative estimate of drug-likeness (QED) is 0.0115. The van der Waals surface area contributed by atoms with E-state index in [0.717, 1.165) is 119 Å². The molecule has 0 aliphatic carbocycles. The first-order chi connectivity index (χ1) is 49.2.